The molecule has 0 amide bonds. The zero-order valence-corrected chi connectivity index (χ0v) is 8.39. The van der Waals surface area contributed by atoms with Crippen molar-refractivity contribution in [3.05, 3.63) is 0 Å². The molecular formula is C6H4N6S2. The first-order valence-corrected chi connectivity index (χ1v) is 5.32. The first-order valence-electron chi connectivity index (χ1n) is 3.68. The highest BCUT2D eigenvalue weighted by atomic mass is 32.1. The van der Waals surface area contributed by atoms with Crippen LogP contribution in [0.5, 0.6) is 0 Å². The highest BCUT2D eigenvalue weighted by Gasteiger charge is 2.09. The molecular weight excluding hydrogens is 220 g/mol. The molecule has 0 unspecified atom stereocenters. The highest BCUT2D eigenvalue weighted by molar-refractivity contribution is 7.23. The van der Waals surface area contributed by atoms with E-state index in [1.54, 1.807) is 0 Å². The summed E-state index contributed by atoms with van der Waals surface area (Å²) in [5, 5.41) is 0.927. The predicted molar refractivity (Wildman–Crippen MR) is 57.2 cm³/mol. The minimum atomic E-state index is 0.464. The summed E-state index contributed by atoms with van der Waals surface area (Å²) in [7, 11) is 0. The molecule has 4 N–H and O–H groups in total. The molecule has 0 saturated carbocycles. The summed E-state index contributed by atoms with van der Waals surface area (Å²) >= 11 is 2.61. The van der Waals surface area contributed by atoms with Gasteiger partial charge in [-0.05, 0) is 0 Å². The van der Waals surface area contributed by atoms with Crippen LogP contribution in [0, 0.1) is 0 Å². The zero-order valence-electron chi connectivity index (χ0n) is 6.76. The van der Waals surface area contributed by atoms with Gasteiger partial charge in [0.25, 0.3) is 0 Å². The van der Waals surface area contributed by atoms with Crippen molar-refractivity contribution in [1.82, 2.24) is 19.9 Å². The highest BCUT2D eigenvalue weighted by Crippen LogP contribution is 2.26. The number of rotatable bonds is 0. The molecule has 8 heteroatoms. The van der Waals surface area contributed by atoms with Gasteiger partial charge in [-0.3, -0.25) is 0 Å². The van der Waals surface area contributed by atoms with Crippen molar-refractivity contribution in [1.29, 1.82) is 0 Å². The molecule has 0 aliphatic heterocycles. The average molecular weight is 224 g/mol. The van der Waals surface area contributed by atoms with Gasteiger partial charge in [0.05, 0.1) is 0 Å². The van der Waals surface area contributed by atoms with Gasteiger partial charge in [0.1, 0.15) is 0 Å². The van der Waals surface area contributed by atoms with Crippen LogP contribution >= 0.6 is 22.7 Å². The molecule has 0 aromatic carbocycles. The number of thiazole rings is 2. The molecule has 0 radical (unpaired) electrons. The molecule has 0 spiro atoms. The summed E-state index contributed by atoms with van der Waals surface area (Å²) in [6.07, 6.45) is 0. The van der Waals surface area contributed by atoms with Gasteiger partial charge in [-0.1, -0.05) is 22.7 Å². The Kier molecular flexibility index (Phi) is 1.39. The van der Waals surface area contributed by atoms with E-state index < -0.39 is 0 Å². The number of hydrogen-bond acceptors (Lipinski definition) is 8. The minimum absolute atomic E-state index is 0.464. The summed E-state index contributed by atoms with van der Waals surface area (Å²) in [4.78, 5) is 18.0. The van der Waals surface area contributed by atoms with Crippen LogP contribution in [-0.4, -0.2) is 19.9 Å². The zero-order chi connectivity index (χ0) is 9.71. The van der Waals surface area contributed by atoms with Gasteiger partial charge in [-0.25, -0.2) is 9.97 Å². The van der Waals surface area contributed by atoms with Crippen LogP contribution in [0.3, 0.4) is 0 Å². The van der Waals surface area contributed by atoms with Gasteiger partial charge in [-0.15, -0.1) is 0 Å². The number of fused-ring (bicyclic) bond motifs is 2. The lowest BCUT2D eigenvalue weighted by Crippen LogP contribution is -1.84. The van der Waals surface area contributed by atoms with Crippen LogP contribution < -0.4 is 11.5 Å². The Balaban J connectivity index is 2.49. The fraction of sp³-hybridized carbons (Fsp3) is 0. The van der Waals surface area contributed by atoms with Gasteiger partial charge < -0.3 is 11.5 Å². The van der Waals surface area contributed by atoms with Gasteiger partial charge >= 0.3 is 0 Å². The topological polar surface area (TPSA) is 104 Å². The van der Waals surface area contributed by atoms with E-state index in [0.29, 0.717) is 21.6 Å². The smallest absolute Gasteiger partial charge is 0.193 e. The Hall–Kier alpha value is -1.54. The number of anilines is 2. The fourth-order valence-electron chi connectivity index (χ4n) is 1.12. The van der Waals surface area contributed by atoms with Crippen molar-refractivity contribution < 1.29 is 0 Å². The van der Waals surface area contributed by atoms with E-state index in [-0.39, 0.29) is 0 Å². The van der Waals surface area contributed by atoms with Gasteiger partial charge in [0, 0.05) is 0 Å². The molecule has 6 nitrogen and oxygen atoms in total. The van der Waals surface area contributed by atoms with Gasteiger partial charge in [-0.2, -0.15) is 9.97 Å². The molecule has 14 heavy (non-hydrogen) atoms. The lowest BCUT2D eigenvalue weighted by Gasteiger charge is -1.84. The average Bonchev–Trinajstić information content (AvgIpc) is 2.59. The maximum atomic E-state index is 5.54. The number of nitrogens with two attached hydrogens (primary N) is 2. The van der Waals surface area contributed by atoms with Crippen LogP contribution in [0.15, 0.2) is 0 Å². The first-order chi connectivity index (χ1) is 6.72. The fourth-order valence-corrected chi connectivity index (χ4v) is 2.48. The second kappa shape index (κ2) is 2.49. The van der Waals surface area contributed by atoms with Crippen LogP contribution in [-0.2, 0) is 0 Å². The van der Waals surface area contributed by atoms with Crippen molar-refractivity contribution in [3.8, 4) is 0 Å². The van der Waals surface area contributed by atoms with E-state index in [1.165, 1.54) is 22.7 Å². The van der Waals surface area contributed by atoms with Crippen LogP contribution in [0.4, 0.5) is 10.3 Å². The predicted octanol–water partition coefficient (Wildman–Crippen LogP) is 0.860. The normalized spacial score (nSPS) is 11.4. The summed E-state index contributed by atoms with van der Waals surface area (Å²) in [5.74, 6) is 0. The third-order valence-corrected chi connectivity index (χ3v) is 3.17. The van der Waals surface area contributed by atoms with Crippen LogP contribution in [0.25, 0.3) is 21.0 Å². The Morgan fingerprint density at radius 3 is 1.71 bits per heavy atom. The van der Waals surface area contributed by atoms with Crippen molar-refractivity contribution >= 4 is 53.9 Å². The molecule has 0 saturated heterocycles. The van der Waals surface area contributed by atoms with E-state index >= 15 is 0 Å². The molecule has 3 aromatic heterocycles. The monoisotopic (exact) mass is 224 g/mol. The largest absolute Gasteiger partial charge is 0.375 e. The Morgan fingerprint density at radius 1 is 0.714 bits per heavy atom. The molecule has 0 aliphatic rings. The van der Waals surface area contributed by atoms with E-state index in [0.717, 1.165) is 9.66 Å². The Morgan fingerprint density at radius 2 is 1.21 bits per heavy atom. The van der Waals surface area contributed by atoms with Crippen LogP contribution in [0.1, 0.15) is 0 Å². The molecule has 0 fully saturated rings. The Bertz CT molecular complexity index is 523. The van der Waals surface area contributed by atoms with Crippen molar-refractivity contribution in [2.75, 3.05) is 11.5 Å². The van der Waals surface area contributed by atoms with E-state index in [1.807, 2.05) is 0 Å². The third kappa shape index (κ3) is 1.01. The molecule has 0 atom stereocenters. The van der Waals surface area contributed by atoms with E-state index in [2.05, 4.69) is 19.9 Å². The quantitative estimate of drug-likeness (QED) is 0.587. The van der Waals surface area contributed by atoms with Gasteiger partial charge in [0.15, 0.2) is 31.2 Å². The minimum Gasteiger partial charge on any atom is -0.375 e. The second-order valence-corrected chi connectivity index (χ2v) is 4.60. The number of nitrogens with zero attached hydrogens (tertiary/aromatic N) is 4. The molecule has 3 rings (SSSR count). The standard InChI is InChI=1S/C6H4N6S2/c7-5-10-1-3(13-5)12-4-2(9-1)11-6(8)14-4/h(H4,7,8,9,10,11). The third-order valence-electron chi connectivity index (χ3n) is 1.63. The molecule has 0 aliphatic carbocycles. The van der Waals surface area contributed by atoms with E-state index in [9.17, 15) is 0 Å². The molecule has 70 valence electrons. The van der Waals surface area contributed by atoms with Gasteiger partial charge in [0.2, 0.25) is 0 Å². The number of nitrogen functional groups attached to an aromatic ring is 2. The maximum Gasteiger partial charge on any atom is 0.193 e. The molecule has 0 bridgehead atoms. The molecule has 3 aromatic rings. The number of hydrogen-bond donors (Lipinski definition) is 2. The lowest BCUT2D eigenvalue weighted by atomic mass is 10.7. The Labute approximate surface area is 85.6 Å². The lowest BCUT2D eigenvalue weighted by molar-refractivity contribution is 1.30. The van der Waals surface area contributed by atoms with E-state index in [4.69, 9.17) is 11.5 Å². The number of aromatic nitrogens is 4. The first kappa shape index (κ1) is 7.83. The second-order valence-electron chi connectivity index (χ2n) is 2.59. The summed E-state index contributed by atoms with van der Waals surface area (Å²) in [6, 6.07) is 0. The van der Waals surface area contributed by atoms with Crippen molar-refractivity contribution in [3.63, 3.8) is 0 Å². The van der Waals surface area contributed by atoms with Crippen LogP contribution in [0.2, 0.25) is 0 Å². The summed E-state index contributed by atoms with van der Waals surface area (Å²) in [5.41, 5.74) is 12.1. The summed E-state index contributed by atoms with van der Waals surface area (Å²) < 4.78 is 0. The van der Waals surface area contributed by atoms with Crippen molar-refractivity contribution in [2.24, 2.45) is 0 Å². The van der Waals surface area contributed by atoms with Crippen molar-refractivity contribution in [2.45, 2.75) is 0 Å². The molecule has 3 heterocycles. The SMILES string of the molecule is Nc1nc2nc3nc(N)sc3nc2s1. The maximum absolute atomic E-state index is 5.54. The summed E-state index contributed by atoms with van der Waals surface area (Å²) in [6.45, 7) is 0.